The van der Waals surface area contributed by atoms with Gasteiger partial charge in [0.15, 0.2) is 0 Å². The van der Waals surface area contributed by atoms with Crippen LogP contribution < -0.4 is 5.56 Å². The third kappa shape index (κ3) is 1.97. The molecule has 7 heteroatoms. The summed E-state index contributed by atoms with van der Waals surface area (Å²) >= 11 is 1.34. The molecule has 1 aliphatic heterocycles. The van der Waals surface area contributed by atoms with Crippen LogP contribution in [0.1, 0.15) is 12.6 Å². The molecule has 2 aromatic rings. The van der Waals surface area contributed by atoms with Crippen LogP contribution in [0, 0.1) is 0 Å². The van der Waals surface area contributed by atoms with E-state index in [9.17, 15) is 9.90 Å². The number of likely N-dealkylation sites (tertiary alicyclic amines) is 1. The Labute approximate surface area is 101 Å². The van der Waals surface area contributed by atoms with Crippen molar-refractivity contribution >= 4 is 16.3 Å². The minimum Gasteiger partial charge on any atom is -0.388 e. The molecule has 0 spiro atoms. The van der Waals surface area contributed by atoms with Crippen LogP contribution in [0.3, 0.4) is 0 Å². The average Bonchev–Trinajstić information content (AvgIpc) is 2.63. The van der Waals surface area contributed by atoms with Crippen LogP contribution in [0.15, 0.2) is 16.4 Å². The van der Waals surface area contributed by atoms with Gasteiger partial charge in [0, 0.05) is 25.7 Å². The van der Waals surface area contributed by atoms with Crippen LogP contribution in [0.25, 0.3) is 4.96 Å². The standard InChI is InChI=1S/C10H12N4O2S/c1-10(16)4-13(5-10)3-7-2-8(15)14-9(12-7)17-6-11-14/h2,6,16H,3-5H2,1H3. The quantitative estimate of drug-likeness (QED) is 0.796. The summed E-state index contributed by atoms with van der Waals surface area (Å²) in [6.07, 6.45) is 0. The fourth-order valence-corrected chi connectivity index (χ4v) is 2.78. The van der Waals surface area contributed by atoms with Gasteiger partial charge in [0.25, 0.3) is 5.56 Å². The third-order valence-corrected chi connectivity index (χ3v) is 3.43. The Morgan fingerprint density at radius 3 is 3.06 bits per heavy atom. The molecule has 0 bridgehead atoms. The number of aromatic nitrogens is 3. The fraction of sp³-hybridized carbons (Fsp3) is 0.500. The largest absolute Gasteiger partial charge is 0.388 e. The normalized spacial score (nSPS) is 19.4. The Kier molecular flexibility index (Phi) is 2.29. The van der Waals surface area contributed by atoms with Gasteiger partial charge in [-0.25, -0.2) is 4.98 Å². The summed E-state index contributed by atoms with van der Waals surface area (Å²) in [5, 5.41) is 13.5. The molecule has 0 atom stereocenters. The van der Waals surface area contributed by atoms with Crippen molar-refractivity contribution in [1.29, 1.82) is 0 Å². The van der Waals surface area contributed by atoms with Crippen LogP contribution in [0.2, 0.25) is 0 Å². The van der Waals surface area contributed by atoms with Crippen LogP contribution in [0.4, 0.5) is 0 Å². The second kappa shape index (κ2) is 3.59. The molecule has 0 radical (unpaired) electrons. The highest BCUT2D eigenvalue weighted by molar-refractivity contribution is 7.14. The molecule has 90 valence electrons. The second-order valence-electron chi connectivity index (χ2n) is 4.66. The van der Waals surface area contributed by atoms with E-state index in [1.54, 1.807) is 12.4 Å². The van der Waals surface area contributed by atoms with Gasteiger partial charge in [-0.2, -0.15) is 9.61 Å². The molecule has 0 amide bonds. The molecule has 1 aliphatic rings. The van der Waals surface area contributed by atoms with E-state index in [1.807, 2.05) is 0 Å². The van der Waals surface area contributed by atoms with E-state index in [0.717, 1.165) is 5.69 Å². The molecule has 0 aliphatic carbocycles. The summed E-state index contributed by atoms with van der Waals surface area (Å²) in [5.41, 5.74) is 1.58. The lowest BCUT2D eigenvalue weighted by Gasteiger charge is -2.43. The molecule has 2 aromatic heterocycles. The van der Waals surface area contributed by atoms with E-state index in [0.29, 0.717) is 24.6 Å². The Balaban J connectivity index is 1.84. The molecule has 3 rings (SSSR count). The van der Waals surface area contributed by atoms with Gasteiger partial charge in [-0.3, -0.25) is 9.69 Å². The maximum Gasteiger partial charge on any atom is 0.275 e. The maximum absolute atomic E-state index is 11.7. The first kappa shape index (κ1) is 10.8. The lowest BCUT2D eigenvalue weighted by molar-refractivity contribution is -0.0875. The van der Waals surface area contributed by atoms with E-state index in [-0.39, 0.29) is 5.56 Å². The number of hydrogen-bond acceptors (Lipinski definition) is 6. The van der Waals surface area contributed by atoms with Gasteiger partial charge in [-0.05, 0) is 6.92 Å². The van der Waals surface area contributed by atoms with Gasteiger partial charge < -0.3 is 5.11 Å². The van der Waals surface area contributed by atoms with E-state index < -0.39 is 5.60 Å². The van der Waals surface area contributed by atoms with Crippen molar-refractivity contribution < 1.29 is 5.11 Å². The van der Waals surface area contributed by atoms with Crippen molar-refractivity contribution in [1.82, 2.24) is 19.5 Å². The first-order valence-electron chi connectivity index (χ1n) is 5.31. The summed E-state index contributed by atoms with van der Waals surface area (Å²) in [7, 11) is 0. The highest BCUT2D eigenvalue weighted by Crippen LogP contribution is 2.21. The zero-order chi connectivity index (χ0) is 12.0. The number of fused-ring (bicyclic) bond motifs is 1. The number of nitrogens with zero attached hydrogens (tertiary/aromatic N) is 4. The minimum atomic E-state index is -0.594. The minimum absolute atomic E-state index is 0.154. The summed E-state index contributed by atoms with van der Waals surface area (Å²) in [4.78, 5) is 18.7. The van der Waals surface area contributed by atoms with Crippen molar-refractivity contribution in [2.45, 2.75) is 19.1 Å². The first-order chi connectivity index (χ1) is 8.03. The first-order valence-corrected chi connectivity index (χ1v) is 6.19. The smallest absolute Gasteiger partial charge is 0.275 e. The van der Waals surface area contributed by atoms with E-state index in [2.05, 4.69) is 15.0 Å². The SMILES string of the molecule is CC1(O)CN(Cc2cc(=O)n3ncsc3n2)C1. The lowest BCUT2D eigenvalue weighted by Crippen LogP contribution is -2.59. The number of hydrogen-bond donors (Lipinski definition) is 1. The van der Waals surface area contributed by atoms with Gasteiger partial charge in [0.2, 0.25) is 4.96 Å². The highest BCUT2D eigenvalue weighted by atomic mass is 32.1. The van der Waals surface area contributed by atoms with E-state index in [4.69, 9.17) is 0 Å². The zero-order valence-electron chi connectivity index (χ0n) is 9.33. The van der Waals surface area contributed by atoms with Crippen molar-refractivity contribution in [3.63, 3.8) is 0 Å². The second-order valence-corrected chi connectivity index (χ2v) is 5.47. The molecule has 3 heterocycles. The van der Waals surface area contributed by atoms with E-state index in [1.165, 1.54) is 21.9 Å². The maximum atomic E-state index is 11.7. The topological polar surface area (TPSA) is 70.7 Å². The number of β-amino-alcohol motifs (C(OH)–C–C–N with tert-alkyl or cyclic N) is 1. The molecule has 0 unspecified atom stereocenters. The highest BCUT2D eigenvalue weighted by Gasteiger charge is 2.36. The Morgan fingerprint density at radius 2 is 2.35 bits per heavy atom. The molecular formula is C10H12N4O2S. The van der Waals surface area contributed by atoms with Gasteiger partial charge in [0.1, 0.15) is 5.51 Å². The summed E-state index contributed by atoms with van der Waals surface area (Å²) in [6, 6.07) is 1.50. The van der Waals surface area contributed by atoms with Crippen LogP contribution in [0.5, 0.6) is 0 Å². The molecule has 1 saturated heterocycles. The predicted molar refractivity (Wildman–Crippen MR) is 63.0 cm³/mol. The molecule has 1 N–H and O–H groups in total. The number of aliphatic hydroxyl groups is 1. The van der Waals surface area contributed by atoms with Gasteiger partial charge in [-0.15, -0.1) is 0 Å². The van der Waals surface area contributed by atoms with Crippen LogP contribution in [-0.2, 0) is 6.54 Å². The average molecular weight is 252 g/mol. The Hall–Kier alpha value is -1.31. The lowest BCUT2D eigenvalue weighted by atomic mass is 9.97. The third-order valence-electron chi connectivity index (χ3n) is 2.75. The molecular weight excluding hydrogens is 240 g/mol. The Bertz CT molecular complexity index is 610. The molecule has 0 aromatic carbocycles. The van der Waals surface area contributed by atoms with E-state index >= 15 is 0 Å². The van der Waals surface area contributed by atoms with Crippen molar-refractivity contribution in [3.05, 3.63) is 27.6 Å². The zero-order valence-corrected chi connectivity index (χ0v) is 10.1. The molecule has 0 saturated carbocycles. The fourth-order valence-electron chi connectivity index (χ4n) is 2.14. The number of rotatable bonds is 2. The summed E-state index contributed by atoms with van der Waals surface area (Å²) in [6.45, 7) is 3.64. The molecule has 1 fully saturated rings. The Morgan fingerprint density at radius 1 is 1.59 bits per heavy atom. The van der Waals surface area contributed by atoms with Gasteiger partial charge in [-0.1, -0.05) is 11.3 Å². The summed E-state index contributed by atoms with van der Waals surface area (Å²) in [5.74, 6) is 0. The predicted octanol–water partition coefficient (Wildman–Crippen LogP) is -0.282. The molecule has 6 nitrogen and oxygen atoms in total. The van der Waals surface area contributed by atoms with Crippen LogP contribution >= 0.6 is 11.3 Å². The summed E-state index contributed by atoms with van der Waals surface area (Å²) < 4.78 is 1.29. The van der Waals surface area contributed by atoms with Crippen molar-refractivity contribution in [2.75, 3.05) is 13.1 Å². The van der Waals surface area contributed by atoms with Crippen molar-refractivity contribution in [2.24, 2.45) is 0 Å². The van der Waals surface area contributed by atoms with Gasteiger partial charge >= 0.3 is 0 Å². The molecule has 17 heavy (non-hydrogen) atoms. The monoisotopic (exact) mass is 252 g/mol. The van der Waals surface area contributed by atoms with Crippen molar-refractivity contribution in [3.8, 4) is 0 Å². The van der Waals surface area contributed by atoms with Gasteiger partial charge in [0.05, 0.1) is 11.3 Å². The van der Waals surface area contributed by atoms with Crippen LogP contribution in [-0.4, -0.2) is 43.3 Å².